The molecule has 2 N–H and O–H groups in total. The number of nitrogens with zero attached hydrogens (tertiary/aromatic N) is 2. The molecule has 8 heteroatoms. The molecule has 5 nitrogen and oxygen atoms in total. The zero-order valence-electron chi connectivity index (χ0n) is 11.6. The third kappa shape index (κ3) is 3.69. The molecule has 23 heavy (non-hydrogen) atoms. The number of benzene rings is 2. The summed E-state index contributed by atoms with van der Waals surface area (Å²) >= 11 is 18.3. The Kier molecular flexibility index (Phi) is 4.61. The van der Waals surface area contributed by atoms with Gasteiger partial charge in [0.2, 0.25) is 5.89 Å². The zero-order valence-corrected chi connectivity index (χ0v) is 13.9. The first kappa shape index (κ1) is 15.9. The van der Waals surface area contributed by atoms with Crippen LogP contribution in [0.5, 0.6) is 5.75 Å². The van der Waals surface area contributed by atoms with E-state index >= 15 is 0 Å². The monoisotopic (exact) mass is 369 g/mol. The fourth-order valence-corrected chi connectivity index (χ4v) is 2.63. The van der Waals surface area contributed by atoms with E-state index in [1.165, 1.54) is 0 Å². The smallest absolute Gasteiger partial charge is 0.313 e. The maximum atomic E-state index is 6.23. The Hall–Kier alpha value is -1.95. The van der Waals surface area contributed by atoms with E-state index in [0.717, 1.165) is 5.56 Å². The van der Waals surface area contributed by atoms with Crippen LogP contribution < -0.4 is 10.5 Å². The second-order valence-electron chi connectivity index (χ2n) is 4.63. The van der Waals surface area contributed by atoms with Crippen molar-refractivity contribution in [1.29, 1.82) is 0 Å². The first-order chi connectivity index (χ1) is 11.0. The highest BCUT2D eigenvalue weighted by Gasteiger charge is 2.14. The lowest BCUT2D eigenvalue weighted by Crippen LogP contribution is -1.97. The summed E-state index contributed by atoms with van der Waals surface area (Å²) in [5.41, 5.74) is 6.90. The topological polar surface area (TPSA) is 74.2 Å². The number of ether oxygens (including phenoxy) is 1. The third-order valence-corrected chi connectivity index (χ3v) is 3.80. The maximum absolute atomic E-state index is 6.23. The molecule has 3 aromatic rings. The van der Waals surface area contributed by atoms with Crippen LogP contribution in [0.4, 0.5) is 6.01 Å². The predicted octanol–water partition coefficient (Wildman–Crippen LogP) is 4.86. The van der Waals surface area contributed by atoms with Crippen LogP contribution in [0, 0.1) is 0 Å². The van der Waals surface area contributed by atoms with E-state index in [0.29, 0.717) is 33.0 Å². The van der Waals surface area contributed by atoms with Gasteiger partial charge in [-0.25, -0.2) is 0 Å². The Labute approximate surface area is 146 Å². The molecule has 0 fully saturated rings. The quantitative estimate of drug-likeness (QED) is 0.710. The Morgan fingerprint density at radius 3 is 2.22 bits per heavy atom. The number of rotatable bonds is 4. The maximum Gasteiger partial charge on any atom is 0.313 e. The van der Waals surface area contributed by atoms with E-state index in [2.05, 4.69) is 10.2 Å². The second-order valence-corrected chi connectivity index (χ2v) is 5.88. The van der Waals surface area contributed by atoms with Gasteiger partial charge in [-0.2, -0.15) is 0 Å². The van der Waals surface area contributed by atoms with Gasteiger partial charge in [-0.1, -0.05) is 52.0 Å². The van der Waals surface area contributed by atoms with Gasteiger partial charge in [0, 0.05) is 10.6 Å². The highest BCUT2D eigenvalue weighted by Crippen LogP contribution is 2.37. The summed E-state index contributed by atoms with van der Waals surface area (Å²) in [4.78, 5) is 0. The van der Waals surface area contributed by atoms with Gasteiger partial charge in [0.1, 0.15) is 6.61 Å². The Morgan fingerprint density at radius 1 is 1.00 bits per heavy atom. The van der Waals surface area contributed by atoms with Gasteiger partial charge in [-0.15, -0.1) is 5.10 Å². The van der Waals surface area contributed by atoms with Crippen molar-refractivity contribution < 1.29 is 9.15 Å². The van der Waals surface area contributed by atoms with Gasteiger partial charge in [-0.05, 0) is 29.8 Å². The summed E-state index contributed by atoms with van der Waals surface area (Å²) in [6.45, 7) is 0.309. The van der Waals surface area contributed by atoms with Crippen molar-refractivity contribution in [2.75, 3.05) is 5.73 Å². The summed E-state index contributed by atoms with van der Waals surface area (Å²) in [5, 5.41) is 8.70. The molecule has 0 saturated heterocycles. The van der Waals surface area contributed by atoms with Gasteiger partial charge < -0.3 is 14.9 Å². The summed E-state index contributed by atoms with van der Waals surface area (Å²) in [7, 11) is 0. The van der Waals surface area contributed by atoms with Crippen molar-refractivity contribution in [3.63, 3.8) is 0 Å². The number of anilines is 1. The van der Waals surface area contributed by atoms with Gasteiger partial charge >= 0.3 is 6.01 Å². The van der Waals surface area contributed by atoms with Crippen molar-refractivity contribution in [2.24, 2.45) is 0 Å². The minimum absolute atomic E-state index is 0.0321. The summed E-state index contributed by atoms with van der Waals surface area (Å²) in [6, 6.07) is 10.5. The molecule has 0 amide bonds. The van der Waals surface area contributed by atoms with Crippen LogP contribution in [0.25, 0.3) is 11.5 Å². The van der Waals surface area contributed by atoms with Gasteiger partial charge in [-0.3, -0.25) is 0 Å². The molecule has 0 atom stereocenters. The average molecular weight is 371 g/mol. The normalized spacial score (nSPS) is 10.7. The number of halogens is 3. The summed E-state index contributed by atoms with van der Waals surface area (Å²) < 4.78 is 10.8. The van der Waals surface area contributed by atoms with Crippen molar-refractivity contribution in [3.05, 3.63) is 57.0 Å². The first-order valence-electron chi connectivity index (χ1n) is 6.48. The van der Waals surface area contributed by atoms with Crippen LogP contribution in [0.3, 0.4) is 0 Å². The number of hydrogen-bond acceptors (Lipinski definition) is 5. The van der Waals surface area contributed by atoms with E-state index in [9.17, 15) is 0 Å². The molecule has 0 radical (unpaired) electrons. The molecule has 0 spiro atoms. The van der Waals surface area contributed by atoms with Crippen LogP contribution in [0.15, 0.2) is 40.8 Å². The van der Waals surface area contributed by atoms with Gasteiger partial charge in [0.05, 0.1) is 10.0 Å². The molecular weight excluding hydrogens is 361 g/mol. The summed E-state index contributed by atoms with van der Waals surface area (Å²) in [6.07, 6.45) is 0. The lowest BCUT2D eigenvalue weighted by molar-refractivity contribution is 0.306. The van der Waals surface area contributed by atoms with Crippen LogP contribution in [0.1, 0.15) is 5.56 Å². The molecule has 3 rings (SSSR count). The van der Waals surface area contributed by atoms with Gasteiger partial charge in [0.25, 0.3) is 0 Å². The molecule has 0 bridgehead atoms. The molecular formula is C15H10Cl3N3O2. The molecule has 2 aromatic carbocycles. The minimum atomic E-state index is -0.0321. The highest BCUT2D eigenvalue weighted by molar-refractivity contribution is 6.37. The number of aromatic nitrogens is 2. The third-order valence-electron chi connectivity index (χ3n) is 2.98. The fraction of sp³-hybridized carbons (Fsp3) is 0.0667. The summed E-state index contributed by atoms with van der Waals surface area (Å²) in [5.74, 6) is 0.607. The molecule has 0 unspecified atom stereocenters. The van der Waals surface area contributed by atoms with Crippen molar-refractivity contribution >= 4 is 40.8 Å². The SMILES string of the molecule is Nc1nnc(-c2cc(Cl)c(OCc3ccc(Cl)cc3)c(Cl)c2)o1. The Morgan fingerprint density at radius 2 is 1.65 bits per heavy atom. The van der Waals surface area contributed by atoms with E-state index < -0.39 is 0 Å². The molecule has 0 saturated carbocycles. The molecule has 1 heterocycles. The largest absolute Gasteiger partial charge is 0.486 e. The zero-order chi connectivity index (χ0) is 16.4. The highest BCUT2D eigenvalue weighted by atomic mass is 35.5. The molecule has 118 valence electrons. The van der Waals surface area contributed by atoms with Crippen LogP contribution in [0.2, 0.25) is 15.1 Å². The molecule has 0 aliphatic rings. The van der Waals surface area contributed by atoms with Crippen molar-refractivity contribution in [1.82, 2.24) is 10.2 Å². The van der Waals surface area contributed by atoms with E-state index in [4.69, 9.17) is 49.7 Å². The average Bonchev–Trinajstić information content (AvgIpc) is 2.95. The number of nitrogens with two attached hydrogens (primary N) is 1. The fourth-order valence-electron chi connectivity index (χ4n) is 1.91. The van der Waals surface area contributed by atoms with Crippen molar-refractivity contribution in [3.8, 4) is 17.2 Å². The molecule has 1 aromatic heterocycles. The lowest BCUT2D eigenvalue weighted by atomic mass is 10.2. The van der Waals surface area contributed by atoms with E-state index in [1.807, 2.05) is 12.1 Å². The predicted molar refractivity (Wildman–Crippen MR) is 90.0 cm³/mol. The first-order valence-corrected chi connectivity index (χ1v) is 7.62. The van der Waals surface area contributed by atoms with Crippen LogP contribution in [-0.4, -0.2) is 10.2 Å². The molecule has 0 aliphatic carbocycles. The number of nitrogen functional groups attached to an aromatic ring is 1. The standard InChI is InChI=1S/C15H10Cl3N3O2/c16-10-3-1-8(2-4-10)7-22-13-11(17)5-9(6-12(13)18)14-20-21-15(19)23-14/h1-6H,7H2,(H2,19,21). The minimum Gasteiger partial charge on any atom is -0.486 e. The Bertz CT molecular complexity index is 811. The second kappa shape index (κ2) is 6.66. The van der Waals surface area contributed by atoms with Gasteiger partial charge in [0.15, 0.2) is 5.75 Å². The van der Waals surface area contributed by atoms with E-state index in [1.54, 1.807) is 24.3 Å². The van der Waals surface area contributed by atoms with Crippen molar-refractivity contribution in [2.45, 2.75) is 6.61 Å². The van der Waals surface area contributed by atoms with Crippen LogP contribution in [-0.2, 0) is 6.61 Å². The Balaban J connectivity index is 1.81. The lowest BCUT2D eigenvalue weighted by Gasteiger charge is -2.11. The van der Waals surface area contributed by atoms with Crippen LogP contribution >= 0.6 is 34.8 Å². The van der Waals surface area contributed by atoms with E-state index in [-0.39, 0.29) is 11.9 Å². The molecule has 0 aliphatic heterocycles. The number of hydrogen-bond donors (Lipinski definition) is 1.